The topological polar surface area (TPSA) is 29.9 Å². The van der Waals surface area contributed by atoms with Crippen molar-refractivity contribution in [2.24, 2.45) is 0 Å². The lowest BCUT2D eigenvalue weighted by molar-refractivity contribution is 0.461. The molecule has 22 heavy (non-hydrogen) atoms. The average molecular weight is 332 g/mol. The van der Waals surface area contributed by atoms with Crippen LogP contribution in [-0.2, 0) is 6.54 Å². The van der Waals surface area contributed by atoms with Crippen molar-refractivity contribution in [3.05, 3.63) is 51.6 Å². The molecule has 114 valence electrons. The van der Waals surface area contributed by atoms with Gasteiger partial charge in [0.2, 0.25) is 0 Å². The van der Waals surface area contributed by atoms with Crippen molar-refractivity contribution < 1.29 is 0 Å². The number of nitrogens with zero attached hydrogens (tertiary/aromatic N) is 2. The van der Waals surface area contributed by atoms with E-state index in [2.05, 4.69) is 33.2 Å². The molecule has 0 atom stereocenters. The molecule has 4 rings (SSSR count). The number of nitrogens with one attached hydrogen (secondary N) is 1. The van der Waals surface area contributed by atoms with Gasteiger partial charge < -0.3 is 9.88 Å². The van der Waals surface area contributed by atoms with Crippen molar-refractivity contribution in [1.29, 1.82) is 0 Å². The number of piperidine rings is 1. The van der Waals surface area contributed by atoms with Crippen molar-refractivity contribution in [2.45, 2.75) is 25.3 Å². The van der Waals surface area contributed by atoms with Gasteiger partial charge in [-0.3, -0.25) is 4.98 Å². The number of halogens is 1. The van der Waals surface area contributed by atoms with Crippen molar-refractivity contribution in [3.8, 4) is 0 Å². The second kappa shape index (κ2) is 6.03. The second-order valence-electron chi connectivity index (χ2n) is 5.84. The Morgan fingerprint density at radius 3 is 2.91 bits per heavy atom. The van der Waals surface area contributed by atoms with Crippen LogP contribution in [0.5, 0.6) is 0 Å². The smallest absolute Gasteiger partial charge is 0.0931 e. The molecule has 1 aliphatic rings. The summed E-state index contributed by atoms with van der Waals surface area (Å²) >= 11 is 7.71. The van der Waals surface area contributed by atoms with Gasteiger partial charge in [-0.1, -0.05) is 11.6 Å². The van der Waals surface area contributed by atoms with Crippen LogP contribution in [0.2, 0.25) is 4.34 Å². The van der Waals surface area contributed by atoms with Crippen LogP contribution in [0.25, 0.3) is 10.9 Å². The molecule has 0 unspecified atom stereocenters. The van der Waals surface area contributed by atoms with Crippen molar-refractivity contribution in [3.63, 3.8) is 0 Å². The Kier molecular flexibility index (Phi) is 3.90. The molecule has 3 nitrogen and oxygen atoms in total. The van der Waals surface area contributed by atoms with E-state index in [0.29, 0.717) is 5.92 Å². The van der Waals surface area contributed by atoms with Crippen LogP contribution < -0.4 is 5.32 Å². The van der Waals surface area contributed by atoms with E-state index in [1.807, 2.05) is 18.5 Å². The number of rotatable bonds is 3. The van der Waals surface area contributed by atoms with E-state index in [1.165, 1.54) is 34.2 Å². The zero-order valence-electron chi connectivity index (χ0n) is 12.3. The van der Waals surface area contributed by atoms with E-state index >= 15 is 0 Å². The summed E-state index contributed by atoms with van der Waals surface area (Å²) in [6, 6.07) is 6.24. The van der Waals surface area contributed by atoms with E-state index < -0.39 is 0 Å². The maximum absolute atomic E-state index is 6.06. The summed E-state index contributed by atoms with van der Waals surface area (Å²) in [7, 11) is 0. The predicted molar refractivity (Wildman–Crippen MR) is 93.0 cm³/mol. The fraction of sp³-hybridized carbons (Fsp3) is 0.353. The van der Waals surface area contributed by atoms with Crippen LogP contribution >= 0.6 is 22.9 Å². The Labute approximate surface area is 138 Å². The van der Waals surface area contributed by atoms with E-state index in [-0.39, 0.29) is 0 Å². The average Bonchev–Trinajstić information content (AvgIpc) is 3.13. The van der Waals surface area contributed by atoms with Crippen molar-refractivity contribution >= 4 is 33.8 Å². The summed E-state index contributed by atoms with van der Waals surface area (Å²) in [4.78, 5) is 5.60. The fourth-order valence-corrected chi connectivity index (χ4v) is 4.45. The summed E-state index contributed by atoms with van der Waals surface area (Å²) in [6.07, 6.45) is 8.64. The molecule has 1 aliphatic heterocycles. The molecule has 0 radical (unpaired) electrons. The van der Waals surface area contributed by atoms with E-state index in [1.54, 1.807) is 11.3 Å². The van der Waals surface area contributed by atoms with Gasteiger partial charge in [-0.2, -0.15) is 0 Å². The Bertz CT molecular complexity index is 786. The highest BCUT2D eigenvalue weighted by Crippen LogP contribution is 2.33. The number of pyridine rings is 1. The monoisotopic (exact) mass is 331 g/mol. The molecule has 0 aliphatic carbocycles. The third-order valence-electron chi connectivity index (χ3n) is 4.45. The lowest BCUT2D eigenvalue weighted by Gasteiger charge is -2.22. The molecule has 1 N–H and O–H groups in total. The zero-order valence-corrected chi connectivity index (χ0v) is 13.8. The van der Waals surface area contributed by atoms with Crippen LogP contribution in [-0.4, -0.2) is 22.6 Å². The number of fused-ring (bicyclic) bond motifs is 1. The van der Waals surface area contributed by atoms with Gasteiger partial charge >= 0.3 is 0 Å². The van der Waals surface area contributed by atoms with Gasteiger partial charge in [0, 0.05) is 22.7 Å². The van der Waals surface area contributed by atoms with Crippen LogP contribution in [0.15, 0.2) is 36.8 Å². The minimum absolute atomic E-state index is 0.652. The van der Waals surface area contributed by atoms with Gasteiger partial charge in [-0.15, -0.1) is 11.3 Å². The molecule has 0 saturated carbocycles. The highest BCUT2D eigenvalue weighted by Gasteiger charge is 2.20. The Hall–Kier alpha value is -1.36. The first-order valence-electron chi connectivity index (χ1n) is 7.69. The molecule has 3 aromatic heterocycles. The van der Waals surface area contributed by atoms with Gasteiger partial charge in [0.25, 0.3) is 0 Å². The predicted octanol–water partition coefficient (Wildman–Crippen LogP) is 4.27. The van der Waals surface area contributed by atoms with E-state index in [4.69, 9.17) is 11.6 Å². The van der Waals surface area contributed by atoms with Gasteiger partial charge in [0.15, 0.2) is 0 Å². The fourth-order valence-electron chi connectivity index (χ4n) is 3.36. The first-order valence-corrected chi connectivity index (χ1v) is 8.88. The molecule has 0 aromatic carbocycles. The normalized spacial score (nSPS) is 16.4. The molecular formula is C17H18ClN3S. The lowest BCUT2D eigenvalue weighted by Crippen LogP contribution is -2.26. The van der Waals surface area contributed by atoms with Crippen LogP contribution in [0.1, 0.15) is 29.2 Å². The summed E-state index contributed by atoms with van der Waals surface area (Å²) in [5.74, 6) is 0.652. The highest BCUT2D eigenvalue weighted by molar-refractivity contribution is 7.16. The van der Waals surface area contributed by atoms with Crippen molar-refractivity contribution in [1.82, 2.24) is 14.9 Å². The maximum atomic E-state index is 6.06. The molecule has 0 amide bonds. The second-order valence-corrected chi connectivity index (χ2v) is 7.63. The van der Waals surface area contributed by atoms with Gasteiger partial charge in [-0.25, -0.2) is 0 Å². The molecule has 0 bridgehead atoms. The quantitative estimate of drug-likeness (QED) is 0.777. The molecule has 5 heteroatoms. The Morgan fingerprint density at radius 2 is 2.14 bits per heavy atom. The van der Waals surface area contributed by atoms with Crippen LogP contribution in [0, 0.1) is 0 Å². The molecule has 1 saturated heterocycles. The standard InChI is InChI=1S/C17H18ClN3S/c18-17-2-1-13(22-17)10-21-11-15(12-3-6-19-7-4-12)14-5-8-20-9-16(14)21/h1-2,5,8-9,11-12,19H,3-4,6-7,10H2. The first-order chi connectivity index (χ1) is 10.8. The zero-order chi connectivity index (χ0) is 14.9. The number of aromatic nitrogens is 2. The van der Waals surface area contributed by atoms with Crippen molar-refractivity contribution in [2.75, 3.05) is 13.1 Å². The summed E-state index contributed by atoms with van der Waals surface area (Å²) in [5.41, 5.74) is 2.70. The SMILES string of the molecule is Clc1ccc(Cn2cc(C3CCNCC3)c3ccncc32)s1. The van der Waals surface area contributed by atoms with E-state index in [9.17, 15) is 0 Å². The number of hydrogen-bond acceptors (Lipinski definition) is 3. The molecular weight excluding hydrogens is 314 g/mol. The van der Waals surface area contributed by atoms with Gasteiger partial charge in [-0.05, 0) is 55.6 Å². The number of thiophene rings is 1. The largest absolute Gasteiger partial charge is 0.341 e. The van der Waals surface area contributed by atoms with Crippen LogP contribution in [0.3, 0.4) is 0 Å². The lowest BCUT2D eigenvalue weighted by atomic mass is 9.90. The third-order valence-corrected chi connectivity index (χ3v) is 5.67. The minimum atomic E-state index is 0.652. The summed E-state index contributed by atoms with van der Waals surface area (Å²) < 4.78 is 3.17. The first kappa shape index (κ1) is 14.2. The molecule has 3 aromatic rings. The third kappa shape index (κ3) is 2.67. The molecule has 4 heterocycles. The van der Waals surface area contributed by atoms with E-state index in [0.717, 1.165) is 24.0 Å². The maximum Gasteiger partial charge on any atom is 0.0931 e. The van der Waals surface area contributed by atoms with Gasteiger partial charge in [0.05, 0.1) is 22.6 Å². The summed E-state index contributed by atoms with van der Waals surface area (Å²) in [6.45, 7) is 3.09. The molecule has 0 spiro atoms. The summed E-state index contributed by atoms with van der Waals surface area (Å²) in [5, 5.41) is 4.80. The van der Waals surface area contributed by atoms with Gasteiger partial charge in [0.1, 0.15) is 0 Å². The van der Waals surface area contributed by atoms with Crippen LogP contribution in [0.4, 0.5) is 0 Å². The minimum Gasteiger partial charge on any atom is -0.341 e. The Balaban J connectivity index is 1.74. The molecule has 1 fully saturated rings. The highest BCUT2D eigenvalue weighted by atomic mass is 35.5. The number of hydrogen-bond donors (Lipinski definition) is 1. The Morgan fingerprint density at radius 1 is 1.27 bits per heavy atom.